The lowest BCUT2D eigenvalue weighted by molar-refractivity contribution is -0.671. The van der Waals surface area contributed by atoms with Crippen LogP contribution in [0.2, 0.25) is 0 Å². The number of nitrogens with two attached hydrogens (primary N) is 1. The smallest absolute Gasteiger partial charge is 0.118 e. The van der Waals surface area contributed by atoms with E-state index in [-0.39, 0.29) is 0 Å². The summed E-state index contributed by atoms with van der Waals surface area (Å²) >= 11 is 0. The van der Waals surface area contributed by atoms with Crippen molar-refractivity contribution >= 4 is 0 Å². The number of ether oxygens (including phenoxy) is 1. The second-order valence-electron chi connectivity index (χ2n) is 6.79. The normalized spacial score (nSPS) is 11.9. The van der Waals surface area contributed by atoms with Crippen LogP contribution in [0.4, 0.5) is 0 Å². The van der Waals surface area contributed by atoms with Crippen molar-refractivity contribution in [1.82, 2.24) is 0 Å². The van der Waals surface area contributed by atoms with Crippen LogP contribution < -0.4 is 10.1 Å². The molecule has 2 heteroatoms. The van der Waals surface area contributed by atoms with Gasteiger partial charge >= 0.3 is 0 Å². The maximum Gasteiger partial charge on any atom is 0.118 e. The first-order valence-corrected chi connectivity index (χ1v) is 9.32. The van der Waals surface area contributed by atoms with Crippen LogP contribution in [0.5, 0.6) is 5.75 Å². The van der Waals surface area contributed by atoms with Crippen LogP contribution in [-0.2, 0) is 6.54 Å². The van der Waals surface area contributed by atoms with Gasteiger partial charge in [0.1, 0.15) is 12.3 Å². The summed E-state index contributed by atoms with van der Waals surface area (Å²) in [4.78, 5) is 0. The van der Waals surface area contributed by atoms with E-state index in [0.29, 0.717) is 5.92 Å². The maximum absolute atomic E-state index is 5.31. The Balaban J connectivity index is 1.69. The lowest BCUT2D eigenvalue weighted by Gasteiger charge is -2.18. The zero-order valence-corrected chi connectivity index (χ0v) is 15.7. The van der Waals surface area contributed by atoms with Crippen LogP contribution in [-0.4, -0.2) is 13.7 Å². The standard InChI is InChI=1S/C24H27NO/c1-19-8-10-21(11-9-19)24(22-12-14-23(26-2)15-13-22)16-17-25-18-20-6-4-3-5-7-20/h3-15,24-25H,16-18H2,1-2H3/p+1/t24-/m0/s1. The molecule has 0 saturated carbocycles. The molecule has 0 radical (unpaired) electrons. The summed E-state index contributed by atoms with van der Waals surface area (Å²) in [5.74, 6) is 1.32. The van der Waals surface area contributed by atoms with E-state index < -0.39 is 0 Å². The molecule has 2 nitrogen and oxygen atoms in total. The van der Waals surface area contributed by atoms with Gasteiger partial charge in [0.05, 0.1) is 13.7 Å². The lowest BCUT2D eigenvalue weighted by Crippen LogP contribution is -2.82. The van der Waals surface area contributed by atoms with Crippen LogP contribution in [0, 0.1) is 6.92 Å². The molecule has 1 atom stereocenters. The molecule has 0 bridgehead atoms. The third-order valence-corrected chi connectivity index (χ3v) is 4.88. The van der Waals surface area contributed by atoms with Crippen LogP contribution >= 0.6 is 0 Å². The summed E-state index contributed by atoms with van der Waals surface area (Å²) in [5.41, 5.74) is 5.42. The van der Waals surface area contributed by atoms with Crippen LogP contribution in [0.25, 0.3) is 0 Å². The minimum Gasteiger partial charge on any atom is -0.497 e. The Morgan fingerprint density at radius 1 is 0.808 bits per heavy atom. The molecule has 0 aliphatic carbocycles. The monoisotopic (exact) mass is 346 g/mol. The van der Waals surface area contributed by atoms with Gasteiger partial charge in [-0.05, 0) is 30.2 Å². The molecule has 0 unspecified atom stereocenters. The highest BCUT2D eigenvalue weighted by Crippen LogP contribution is 2.29. The average Bonchev–Trinajstić information content (AvgIpc) is 2.70. The van der Waals surface area contributed by atoms with Gasteiger partial charge in [-0.3, -0.25) is 0 Å². The zero-order valence-electron chi connectivity index (χ0n) is 15.7. The van der Waals surface area contributed by atoms with E-state index in [1.165, 1.54) is 22.3 Å². The van der Waals surface area contributed by atoms with E-state index in [2.05, 4.69) is 91.1 Å². The highest BCUT2D eigenvalue weighted by Gasteiger charge is 2.15. The van der Waals surface area contributed by atoms with E-state index >= 15 is 0 Å². The summed E-state index contributed by atoms with van der Waals surface area (Å²) < 4.78 is 5.31. The molecule has 0 amide bonds. The number of rotatable bonds is 8. The predicted molar refractivity (Wildman–Crippen MR) is 108 cm³/mol. The lowest BCUT2D eigenvalue weighted by atomic mass is 9.88. The van der Waals surface area contributed by atoms with Gasteiger partial charge < -0.3 is 10.1 Å². The molecule has 0 aliphatic heterocycles. The fourth-order valence-electron chi connectivity index (χ4n) is 3.33. The SMILES string of the molecule is COc1ccc([C@@H](CC[NH2+]Cc2ccccc2)c2ccc(C)cc2)cc1. The van der Waals surface area contributed by atoms with E-state index in [4.69, 9.17) is 4.74 Å². The highest BCUT2D eigenvalue weighted by molar-refractivity contribution is 5.36. The minimum atomic E-state index is 0.411. The molecule has 0 fully saturated rings. The molecular weight excluding hydrogens is 318 g/mol. The zero-order chi connectivity index (χ0) is 18.2. The van der Waals surface area contributed by atoms with Gasteiger partial charge in [-0.2, -0.15) is 0 Å². The Kier molecular flexibility index (Phi) is 6.45. The second kappa shape index (κ2) is 9.21. The Hall–Kier alpha value is -2.58. The van der Waals surface area contributed by atoms with Gasteiger partial charge in [0, 0.05) is 17.9 Å². The van der Waals surface area contributed by atoms with Crippen molar-refractivity contribution in [3.8, 4) is 5.75 Å². The van der Waals surface area contributed by atoms with Crippen LogP contribution in [0.3, 0.4) is 0 Å². The van der Waals surface area contributed by atoms with Gasteiger partial charge in [-0.1, -0.05) is 72.3 Å². The molecule has 0 aliphatic rings. The van der Waals surface area contributed by atoms with E-state index in [0.717, 1.165) is 25.3 Å². The molecule has 0 heterocycles. The molecule has 3 aromatic carbocycles. The molecule has 3 aromatic rings. The van der Waals surface area contributed by atoms with E-state index in [9.17, 15) is 0 Å². The van der Waals surface area contributed by atoms with Crippen molar-refractivity contribution in [2.24, 2.45) is 0 Å². The van der Waals surface area contributed by atoms with E-state index in [1.807, 2.05) is 0 Å². The largest absolute Gasteiger partial charge is 0.497 e. The van der Waals surface area contributed by atoms with Crippen molar-refractivity contribution < 1.29 is 10.1 Å². The summed E-state index contributed by atoms with van der Waals surface area (Å²) in [6, 6.07) is 28.1. The summed E-state index contributed by atoms with van der Waals surface area (Å²) in [5, 5.41) is 2.40. The van der Waals surface area contributed by atoms with Gasteiger partial charge in [0.2, 0.25) is 0 Å². The first kappa shape index (κ1) is 18.2. The fourth-order valence-corrected chi connectivity index (χ4v) is 3.33. The molecular formula is C24H28NO+. The highest BCUT2D eigenvalue weighted by atomic mass is 16.5. The van der Waals surface area contributed by atoms with E-state index in [1.54, 1.807) is 7.11 Å². The molecule has 2 N–H and O–H groups in total. The Bertz CT molecular complexity index is 779. The number of hydrogen-bond acceptors (Lipinski definition) is 1. The first-order chi connectivity index (χ1) is 12.8. The molecule has 3 rings (SSSR count). The van der Waals surface area contributed by atoms with Crippen molar-refractivity contribution in [2.45, 2.75) is 25.8 Å². The molecule has 0 spiro atoms. The first-order valence-electron chi connectivity index (χ1n) is 9.32. The van der Waals surface area contributed by atoms with Gasteiger partial charge in [0.15, 0.2) is 0 Å². The number of benzene rings is 3. The van der Waals surface area contributed by atoms with Crippen molar-refractivity contribution in [3.63, 3.8) is 0 Å². The summed E-state index contributed by atoms with van der Waals surface area (Å²) in [6.07, 6.45) is 1.11. The van der Waals surface area contributed by atoms with Crippen molar-refractivity contribution in [3.05, 3.63) is 101 Å². The second-order valence-corrected chi connectivity index (χ2v) is 6.79. The quantitative estimate of drug-likeness (QED) is 0.605. The van der Waals surface area contributed by atoms with Gasteiger partial charge in [0.25, 0.3) is 0 Å². The Morgan fingerprint density at radius 3 is 2.04 bits per heavy atom. The number of aryl methyl sites for hydroxylation is 1. The summed E-state index contributed by atoms with van der Waals surface area (Å²) in [6.45, 7) is 4.27. The third kappa shape index (κ3) is 4.96. The molecule has 0 saturated heterocycles. The number of hydrogen-bond donors (Lipinski definition) is 1. The van der Waals surface area contributed by atoms with Gasteiger partial charge in [-0.15, -0.1) is 0 Å². The topological polar surface area (TPSA) is 25.8 Å². The predicted octanol–water partition coefficient (Wildman–Crippen LogP) is 4.29. The third-order valence-electron chi connectivity index (χ3n) is 4.88. The maximum atomic E-state index is 5.31. The Morgan fingerprint density at radius 2 is 1.42 bits per heavy atom. The van der Waals surface area contributed by atoms with Crippen LogP contribution in [0.15, 0.2) is 78.9 Å². The van der Waals surface area contributed by atoms with Crippen LogP contribution in [0.1, 0.15) is 34.6 Å². The van der Waals surface area contributed by atoms with Crippen molar-refractivity contribution in [2.75, 3.05) is 13.7 Å². The average molecular weight is 346 g/mol. The van der Waals surface area contributed by atoms with Gasteiger partial charge in [-0.25, -0.2) is 0 Å². The summed E-state index contributed by atoms with van der Waals surface area (Å²) in [7, 11) is 1.71. The number of quaternary nitrogens is 1. The number of methoxy groups -OCH3 is 1. The molecule has 26 heavy (non-hydrogen) atoms. The molecule has 0 aromatic heterocycles. The molecule has 134 valence electrons. The van der Waals surface area contributed by atoms with Crippen molar-refractivity contribution in [1.29, 1.82) is 0 Å². The Labute approximate surface area is 156 Å². The fraction of sp³-hybridized carbons (Fsp3) is 0.250. The minimum absolute atomic E-state index is 0.411.